The van der Waals surface area contributed by atoms with Crippen molar-refractivity contribution in [2.45, 2.75) is 58.2 Å². The van der Waals surface area contributed by atoms with Gasteiger partial charge in [0.05, 0.1) is 30.2 Å². The van der Waals surface area contributed by atoms with Crippen LogP contribution in [0.3, 0.4) is 0 Å². The number of carbonyl (C=O) groups is 2. The number of esters is 1. The molecule has 1 aliphatic heterocycles. The second kappa shape index (κ2) is 12.9. The standard InChI is InChI=1S/C24H33F3N6O4/c1-16-11-28-17(2)14-37-22(34)9-6-10-33-12-18(30-31-33)15-36-21(16)13-32(3)23(35)29-20-8-5-4-7-19(20)24(25,26)27/h4-5,7-8,12,16-17,21,28H,6,9-11,13-15H2,1-3H3,(H,29,35)/t16-,17+,21-/m0/s1. The Morgan fingerprint density at radius 1 is 1.30 bits per heavy atom. The van der Waals surface area contributed by atoms with Crippen LogP contribution in [-0.2, 0) is 33.6 Å². The van der Waals surface area contributed by atoms with Gasteiger partial charge in [-0.15, -0.1) is 5.10 Å². The number of likely N-dealkylation sites (N-methyl/N-ethyl adjacent to an activating group) is 1. The van der Waals surface area contributed by atoms with E-state index in [2.05, 4.69) is 20.9 Å². The number of cyclic esters (lactones) is 1. The van der Waals surface area contributed by atoms with Crippen LogP contribution in [0, 0.1) is 5.92 Å². The molecule has 13 heteroatoms. The molecular formula is C24H33F3N6O4. The minimum absolute atomic E-state index is 0.104. The molecule has 2 amide bonds. The number of fused-ring (bicyclic) bond motifs is 2. The average Bonchev–Trinajstić information content (AvgIpc) is 3.30. The summed E-state index contributed by atoms with van der Waals surface area (Å²) < 4.78 is 53.0. The van der Waals surface area contributed by atoms with Gasteiger partial charge in [-0.25, -0.2) is 4.79 Å². The lowest BCUT2D eigenvalue weighted by atomic mass is 10.0. The number of hydrogen-bond donors (Lipinski definition) is 2. The molecule has 3 rings (SSSR count). The summed E-state index contributed by atoms with van der Waals surface area (Å²) in [4.78, 5) is 26.0. The third-order valence-electron chi connectivity index (χ3n) is 5.99. The van der Waals surface area contributed by atoms with Crippen LogP contribution in [0.5, 0.6) is 0 Å². The maximum Gasteiger partial charge on any atom is 0.418 e. The molecule has 2 heterocycles. The predicted molar refractivity (Wildman–Crippen MR) is 129 cm³/mol. The van der Waals surface area contributed by atoms with Crippen LogP contribution in [0.2, 0.25) is 0 Å². The van der Waals surface area contributed by atoms with Crippen molar-refractivity contribution in [3.8, 4) is 0 Å². The molecule has 2 N–H and O–H groups in total. The summed E-state index contributed by atoms with van der Waals surface area (Å²) in [5.41, 5.74) is -0.659. The largest absolute Gasteiger partial charge is 0.464 e. The number of para-hydroxylation sites is 1. The zero-order chi connectivity index (χ0) is 27.0. The molecule has 37 heavy (non-hydrogen) atoms. The lowest BCUT2D eigenvalue weighted by Gasteiger charge is -2.30. The second-order valence-electron chi connectivity index (χ2n) is 9.25. The van der Waals surface area contributed by atoms with E-state index in [1.54, 1.807) is 10.9 Å². The van der Waals surface area contributed by atoms with E-state index in [1.807, 2.05) is 13.8 Å². The number of urea groups is 1. The summed E-state index contributed by atoms with van der Waals surface area (Å²) in [6, 6.07) is 4.02. The van der Waals surface area contributed by atoms with E-state index in [1.165, 1.54) is 30.1 Å². The second-order valence-corrected chi connectivity index (χ2v) is 9.25. The van der Waals surface area contributed by atoms with Gasteiger partial charge in [-0.1, -0.05) is 24.3 Å². The fourth-order valence-electron chi connectivity index (χ4n) is 3.76. The predicted octanol–water partition coefficient (Wildman–Crippen LogP) is 3.30. The van der Waals surface area contributed by atoms with Crippen molar-refractivity contribution >= 4 is 17.7 Å². The number of benzene rings is 1. The zero-order valence-electron chi connectivity index (χ0n) is 21.1. The number of amides is 2. The lowest BCUT2D eigenvalue weighted by molar-refractivity contribution is -0.144. The number of nitrogens with zero attached hydrogens (tertiary/aromatic N) is 4. The van der Waals surface area contributed by atoms with Crippen LogP contribution in [0.1, 0.15) is 37.9 Å². The van der Waals surface area contributed by atoms with Crippen LogP contribution in [0.15, 0.2) is 30.5 Å². The highest BCUT2D eigenvalue weighted by atomic mass is 19.4. The zero-order valence-corrected chi connectivity index (χ0v) is 21.1. The molecule has 0 radical (unpaired) electrons. The molecule has 1 aromatic heterocycles. The van der Waals surface area contributed by atoms with Crippen molar-refractivity contribution in [3.05, 3.63) is 41.7 Å². The Morgan fingerprint density at radius 3 is 2.81 bits per heavy atom. The van der Waals surface area contributed by atoms with E-state index in [9.17, 15) is 22.8 Å². The average molecular weight is 527 g/mol. The summed E-state index contributed by atoms with van der Waals surface area (Å²) in [5, 5.41) is 13.8. The molecule has 0 saturated carbocycles. The fraction of sp³-hybridized carbons (Fsp3) is 0.583. The van der Waals surface area contributed by atoms with Gasteiger partial charge in [0.15, 0.2) is 0 Å². The van der Waals surface area contributed by atoms with E-state index in [0.717, 1.165) is 6.07 Å². The topological polar surface area (TPSA) is 111 Å². The molecule has 3 atom stereocenters. The van der Waals surface area contributed by atoms with Gasteiger partial charge in [0.2, 0.25) is 0 Å². The molecule has 10 nitrogen and oxygen atoms in total. The van der Waals surface area contributed by atoms with Crippen LogP contribution < -0.4 is 10.6 Å². The summed E-state index contributed by atoms with van der Waals surface area (Å²) in [5.74, 6) is -0.395. The van der Waals surface area contributed by atoms with Gasteiger partial charge in [0, 0.05) is 39.1 Å². The summed E-state index contributed by atoms with van der Waals surface area (Å²) >= 11 is 0. The van der Waals surface area contributed by atoms with Crippen LogP contribution in [-0.4, -0.2) is 70.8 Å². The van der Waals surface area contributed by atoms with Crippen molar-refractivity contribution < 1.29 is 32.2 Å². The minimum Gasteiger partial charge on any atom is -0.464 e. The first-order chi connectivity index (χ1) is 17.5. The molecule has 1 aliphatic rings. The van der Waals surface area contributed by atoms with Gasteiger partial charge in [0.25, 0.3) is 0 Å². The van der Waals surface area contributed by atoms with E-state index in [-0.39, 0.29) is 49.8 Å². The minimum atomic E-state index is -4.60. The number of hydrogen-bond acceptors (Lipinski definition) is 7. The maximum atomic E-state index is 13.3. The maximum absolute atomic E-state index is 13.3. The SMILES string of the molecule is C[C@@H]1COC(=O)CCCn2cc(nn2)CO[C@@H](CN(C)C(=O)Nc2ccccc2C(F)(F)F)[C@@H](C)CN1. The van der Waals surface area contributed by atoms with Crippen molar-refractivity contribution in [3.63, 3.8) is 0 Å². The third-order valence-corrected chi connectivity index (χ3v) is 5.99. The number of anilines is 1. The van der Waals surface area contributed by atoms with Gasteiger partial charge in [-0.2, -0.15) is 13.2 Å². The molecule has 0 aliphatic carbocycles. The highest BCUT2D eigenvalue weighted by Gasteiger charge is 2.34. The number of nitrogens with one attached hydrogen (secondary N) is 2. The number of halogens is 3. The first-order valence-electron chi connectivity index (χ1n) is 12.1. The smallest absolute Gasteiger partial charge is 0.418 e. The van der Waals surface area contributed by atoms with E-state index >= 15 is 0 Å². The summed E-state index contributed by atoms with van der Waals surface area (Å²) in [7, 11) is 1.49. The monoisotopic (exact) mass is 526 g/mol. The van der Waals surface area contributed by atoms with Gasteiger partial charge in [-0.05, 0) is 31.4 Å². The summed E-state index contributed by atoms with van der Waals surface area (Å²) in [6.45, 7) is 5.28. The summed E-state index contributed by atoms with van der Waals surface area (Å²) in [6.07, 6.45) is -2.52. The number of aromatic nitrogens is 3. The molecule has 2 bridgehead atoms. The van der Waals surface area contributed by atoms with E-state index in [0.29, 0.717) is 25.2 Å². The number of aryl methyl sites for hydroxylation is 1. The van der Waals surface area contributed by atoms with Crippen molar-refractivity contribution in [2.24, 2.45) is 5.92 Å². The normalized spacial score (nSPS) is 22.2. The number of carbonyl (C=O) groups excluding carboxylic acids is 2. The van der Waals surface area contributed by atoms with E-state index < -0.39 is 23.9 Å². The Labute approximate surface area is 213 Å². The Morgan fingerprint density at radius 2 is 2.05 bits per heavy atom. The number of rotatable bonds is 3. The van der Waals surface area contributed by atoms with Crippen LogP contribution in [0.25, 0.3) is 0 Å². The first-order valence-corrected chi connectivity index (χ1v) is 12.1. The quantitative estimate of drug-likeness (QED) is 0.591. The highest BCUT2D eigenvalue weighted by molar-refractivity contribution is 5.90. The Kier molecular flexibility index (Phi) is 9.86. The van der Waals surface area contributed by atoms with Gasteiger partial charge < -0.3 is 25.0 Å². The van der Waals surface area contributed by atoms with Crippen LogP contribution >= 0.6 is 0 Å². The molecule has 2 aromatic rings. The van der Waals surface area contributed by atoms with Gasteiger partial charge in [0.1, 0.15) is 12.3 Å². The number of ether oxygens (including phenoxy) is 2. The molecule has 0 unspecified atom stereocenters. The van der Waals surface area contributed by atoms with Crippen molar-refractivity contribution in [1.29, 1.82) is 0 Å². The fourth-order valence-corrected chi connectivity index (χ4v) is 3.76. The van der Waals surface area contributed by atoms with Gasteiger partial charge in [-0.3, -0.25) is 9.48 Å². The first kappa shape index (κ1) is 28.4. The van der Waals surface area contributed by atoms with Crippen molar-refractivity contribution in [1.82, 2.24) is 25.2 Å². The van der Waals surface area contributed by atoms with Gasteiger partial charge >= 0.3 is 18.2 Å². The molecule has 1 aromatic carbocycles. The Hall–Kier alpha value is -3.19. The highest BCUT2D eigenvalue weighted by Crippen LogP contribution is 2.34. The molecule has 0 saturated heterocycles. The molecule has 0 spiro atoms. The third kappa shape index (κ3) is 8.71. The Bertz CT molecular complexity index is 1050. The lowest BCUT2D eigenvalue weighted by Crippen LogP contribution is -2.44. The molecule has 0 fully saturated rings. The van der Waals surface area contributed by atoms with Crippen LogP contribution in [0.4, 0.5) is 23.7 Å². The Balaban J connectivity index is 1.70. The van der Waals surface area contributed by atoms with Crippen molar-refractivity contribution in [2.75, 3.05) is 32.1 Å². The number of alkyl halides is 3. The molecule has 204 valence electrons. The molecular weight excluding hydrogens is 493 g/mol. The van der Waals surface area contributed by atoms with E-state index in [4.69, 9.17) is 9.47 Å².